The van der Waals surface area contributed by atoms with E-state index in [4.69, 9.17) is 0 Å². The largest absolute Gasteiger partial charge is 0.321 e. The topological polar surface area (TPSA) is 63.1 Å². The van der Waals surface area contributed by atoms with Crippen molar-refractivity contribution in [3.05, 3.63) is 28.2 Å². The highest BCUT2D eigenvalue weighted by Gasteiger charge is 2.29. The summed E-state index contributed by atoms with van der Waals surface area (Å²) in [6, 6.07) is 1.71. The molecule has 5 heteroatoms. The zero-order chi connectivity index (χ0) is 13.3. The van der Waals surface area contributed by atoms with Crippen LogP contribution in [-0.2, 0) is 11.8 Å². The number of pyridine rings is 1. The molecule has 0 radical (unpaired) electrons. The van der Waals surface area contributed by atoms with Gasteiger partial charge in [-0.15, -0.1) is 0 Å². The van der Waals surface area contributed by atoms with E-state index in [0.717, 1.165) is 18.7 Å². The average Bonchev–Trinajstić information content (AvgIpc) is 2.22. The van der Waals surface area contributed by atoms with Crippen molar-refractivity contribution in [2.75, 3.05) is 18.4 Å². The first-order chi connectivity index (χ1) is 8.49. The van der Waals surface area contributed by atoms with Gasteiger partial charge in [-0.2, -0.15) is 0 Å². The zero-order valence-corrected chi connectivity index (χ0v) is 11.0. The lowest BCUT2D eigenvalue weighted by atomic mass is 9.88. The van der Waals surface area contributed by atoms with Crippen molar-refractivity contribution in [2.45, 2.75) is 13.8 Å². The number of nitrogens with zero attached hydrogens (tertiary/aromatic N) is 1. The maximum absolute atomic E-state index is 12.0. The van der Waals surface area contributed by atoms with Gasteiger partial charge < -0.3 is 15.2 Å². The predicted octanol–water partition coefficient (Wildman–Crippen LogP) is 0.488. The molecule has 1 unspecified atom stereocenters. The van der Waals surface area contributed by atoms with Gasteiger partial charge in [0, 0.05) is 19.2 Å². The molecule has 2 rings (SSSR count). The van der Waals surface area contributed by atoms with Crippen molar-refractivity contribution in [3.63, 3.8) is 0 Å². The summed E-state index contributed by atoms with van der Waals surface area (Å²) in [4.78, 5) is 23.9. The van der Waals surface area contributed by atoms with Crippen LogP contribution in [0.5, 0.6) is 0 Å². The van der Waals surface area contributed by atoms with Crippen LogP contribution in [0.25, 0.3) is 0 Å². The van der Waals surface area contributed by atoms with Gasteiger partial charge in [-0.3, -0.25) is 9.59 Å². The molecule has 0 spiro atoms. The molecule has 1 atom stereocenters. The minimum Gasteiger partial charge on any atom is -0.321 e. The Labute approximate surface area is 106 Å². The summed E-state index contributed by atoms with van der Waals surface area (Å²) in [7, 11) is 1.68. The number of aryl methyl sites for hydroxylation is 2. The van der Waals surface area contributed by atoms with Gasteiger partial charge in [-0.05, 0) is 37.6 Å². The Morgan fingerprint density at radius 3 is 2.78 bits per heavy atom. The Bertz CT molecular complexity index is 517. The van der Waals surface area contributed by atoms with Gasteiger partial charge in [0.1, 0.15) is 5.69 Å². The number of carbonyl (C=O) groups is 1. The molecule has 98 valence electrons. The first-order valence-corrected chi connectivity index (χ1v) is 6.18. The molecule has 1 saturated heterocycles. The Kier molecular flexibility index (Phi) is 3.52. The molecule has 1 amide bonds. The van der Waals surface area contributed by atoms with E-state index in [1.807, 2.05) is 13.8 Å². The third kappa shape index (κ3) is 2.46. The van der Waals surface area contributed by atoms with Crippen molar-refractivity contribution in [1.82, 2.24) is 9.88 Å². The molecular weight excluding hydrogens is 230 g/mol. The van der Waals surface area contributed by atoms with Crippen LogP contribution in [0.15, 0.2) is 17.1 Å². The molecule has 0 bridgehead atoms. The van der Waals surface area contributed by atoms with Crippen molar-refractivity contribution in [1.29, 1.82) is 0 Å². The fraction of sp³-hybridized carbons (Fsp3) is 0.538. The second-order valence-electron chi connectivity index (χ2n) is 5.04. The fourth-order valence-electron chi connectivity index (χ4n) is 2.10. The summed E-state index contributed by atoms with van der Waals surface area (Å²) in [5, 5.41) is 5.89. The molecule has 2 N–H and O–H groups in total. The molecule has 1 aromatic rings. The van der Waals surface area contributed by atoms with Gasteiger partial charge in [0.15, 0.2) is 0 Å². The van der Waals surface area contributed by atoms with E-state index in [0.29, 0.717) is 11.6 Å². The minimum atomic E-state index is -0.173. The maximum Gasteiger partial charge on any atom is 0.274 e. The highest BCUT2D eigenvalue weighted by molar-refractivity contribution is 5.92. The van der Waals surface area contributed by atoms with Crippen molar-refractivity contribution in [3.8, 4) is 0 Å². The fourth-order valence-corrected chi connectivity index (χ4v) is 2.10. The molecule has 0 aliphatic carbocycles. The number of nitrogens with one attached hydrogen (secondary N) is 2. The Balaban J connectivity index is 2.13. The second kappa shape index (κ2) is 4.94. The van der Waals surface area contributed by atoms with E-state index < -0.39 is 0 Å². The number of hydrogen-bond donors (Lipinski definition) is 2. The van der Waals surface area contributed by atoms with Crippen LogP contribution in [0.4, 0.5) is 5.69 Å². The Hall–Kier alpha value is -1.62. The third-order valence-corrected chi connectivity index (χ3v) is 3.51. The molecular formula is C13H19N3O2. The molecule has 1 aromatic heterocycles. The van der Waals surface area contributed by atoms with Gasteiger partial charge in [0.2, 0.25) is 5.91 Å². The molecule has 2 heterocycles. The van der Waals surface area contributed by atoms with Crippen molar-refractivity contribution >= 4 is 11.6 Å². The lowest BCUT2D eigenvalue weighted by Crippen LogP contribution is -2.48. The number of amides is 1. The quantitative estimate of drug-likeness (QED) is 0.819. The van der Waals surface area contributed by atoms with E-state index in [1.54, 1.807) is 19.3 Å². The van der Waals surface area contributed by atoms with Crippen LogP contribution in [0.3, 0.4) is 0 Å². The summed E-state index contributed by atoms with van der Waals surface area (Å²) < 4.78 is 1.49. The molecule has 1 fully saturated rings. The molecule has 18 heavy (non-hydrogen) atoms. The summed E-state index contributed by atoms with van der Waals surface area (Å²) in [6.45, 7) is 5.55. The summed E-state index contributed by atoms with van der Waals surface area (Å²) >= 11 is 0. The van der Waals surface area contributed by atoms with Crippen molar-refractivity contribution < 1.29 is 4.79 Å². The molecule has 0 saturated carbocycles. The number of rotatable bonds is 3. The van der Waals surface area contributed by atoms with E-state index in [1.165, 1.54) is 4.57 Å². The highest BCUT2D eigenvalue weighted by Crippen LogP contribution is 2.17. The normalized spacial score (nSPS) is 17.1. The number of carbonyl (C=O) groups excluding carboxylic acids is 1. The summed E-state index contributed by atoms with van der Waals surface area (Å²) in [5.74, 6) is 0.222. The van der Waals surface area contributed by atoms with E-state index in [2.05, 4.69) is 10.6 Å². The smallest absolute Gasteiger partial charge is 0.274 e. The van der Waals surface area contributed by atoms with Crippen LogP contribution in [-0.4, -0.2) is 23.6 Å². The minimum absolute atomic E-state index is 0.0727. The Morgan fingerprint density at radius 2 is 2.22 bits per heavy atom. The highest BCUT2D eigenvalue weighted by atomic mass is 16.2. The van der Waals surface area contributed by atoms with Crippen LogP contribution in [0.2, 0.25) is 0 Å². The summed E-state index contributed by atoms with van der Waals surface area (Å²) in [6.07, 6.45) is 1.75. The van der Waals surface area contributed by atoms with Crippen LogP contribution in [0.1, 0.15) is 12.5 Å². The Morgan fingerprint density at radius 1 is 1.56 bits per heavy atom. The standard InChI is InChI=1S/C13H19N3O2/c1-8-4-11(13(18)16(3)7-8)15-12(17)9(2)10-5-14-6-10/h4,7,9-10,14H,5-6H2,1-3H3,(H,15,17). The van der Waals surface area contributed by atoms with Crippen LogP contribution >= 0.6 is 0 Å². The monoisotopic (exact) mass is 249 g/mol. The van der Waals surface area contributed by atoms with Crippen LogP contribution < -0.4 is 16.2 Å². The lowest BCUT2D eigenvalue weighted by molar-refractivity contribution is -0.121. The molecule has 1 aliphatic rings. The van der Waals surface area contributed by atoms with Crippen molar-refractivity contribution in [2.24, 2.45) is 18.9 Å². The average molecular weight is 249 g/mol. The summed E-state index contributed by atoms with van der Waals surface area (Å²) in [5.41, 5.74) is 1.14. The third-order valence-electron chi connectivity index (χ3n) is 3.51. The molecule has 0 aromatic carbocycles. The second-order valence-corrected chi connectivity index (χ2v) is 5.04. The van der Waals surface area contributed by atoms with Crippen LogP contribution in [0, 0.1) is 18.8 Å². The number of hydrogen-bond acceptors (Lipinski definition) is 3. The predicted molar refractivity (Wildman–Crippen MR) is 70.6 cm³/mol. The number of aromatic nitrogens is 1. The van der Waals surface area contributed by atoms with E-state index in [-0.39, 0.29) is 17.4 Å². The van der Waals surface area contributed by atoms with Gasteiger partial charge in [0.05, 0.1) is 0 Å². The van der Waals surface area contributed by atoms with E-state index >= 15 is 0 Å². The SMILES string of the molecule is Cc1cc(NC(=O)C(C)C2CNC2)c(=O)n(C)c1. The first kappa shape index (κ1) is 12.8. The van der Waals surface area contributed by atoms with Gasteiger partial charge in [0.25, 0.3) is 5.56 Å². The van der Waals surface area contributed by atoms with Gasteiger partial charge >= 0.3 is 0 Å². The zero-order valence-electron chi connectivity index (χ0n) is 11.0. The lowest BCUT2D eigenvalue weighted by Gasteiger charge is -2.31. The van der Waals surface area contributed by atoms with E-state index in [9.17, 15) is 9.59 Å². The van der Waals surface area contributed by atoms with Gasteiger partial charge in [-0.25, -0.2) is 0 Å². The molecule has 1 aliphatic heterocycles. The maximum atomic E-state index is 12.0. The number of anilines is 1. The molecule has 5 nitrogen and oxygen atoms in total. The van der Waals surface area contributed by atoms with Gasteiger partial charge in [-0.1, -0.05) is 6.92 Å². The first-order valence-electron chi connectivity index (χ1n) is 6.18.